The summed E-state index contributed by atoms with van der Waals surface area (Å²) in [6.45, 7) is 3.51. The molecule has 4 heteroatoms. The van der Waals surface area contributed by atoms with Gasteiger partial charge in [0, 0.05) is 0 Å². The minimum absolute atomic E-state index is 0.0208. The maximum absolute atomic E-state index is 12.8. The summed E-state index contributed by atoms with van der Waals surface area (Å²) in [5.74, 6) is -1.08. The van der Waals surface area contributed by atoms with E-state index >= 15 is 0 Å². The van der Waals surface area contributed by atoms with Crippen LogP contribution in [-0.4, -0.2) is 13.1 Å². The molecule has 0 aliphatic heterocycles. The fourth-order valence-electron chi connectivity index (χ4n) is 0.973. The smallest absolute Gasteiger partial charge is 0.337 e. The molecular weight excluding hydrogens is 185 g/mol. The number of esters is 1. The average Bonchev–Trinajstić information content (AvgIpc) is 2.20. The van der Waals surface area contributed by atoms with Crippen molar-refractivity contribution in [1.82, 2.24) is 0 Å². The molecule has 3 nitrogen and oxygen atoms in total. The monoisotopic (exact) mass is 195 g/mol. The van der Waals surface area contributed by atoms with Crippen LogP contribution in [0, 0.1) is 5.82 Å². The lowest BCUT2D eigenvalue weighted by molar-refractivity contribution is -0.133. The van der Waals surface area contributed by atoms with Gasteiger partial charge in [0.25, 0.3) is 0 Å². The van der Waals surface area contributed by atoms with Crippen LogP contribution in [0.2, 0.25) is 0 Å². The molecule has 1 aromatic rings. The molecule has 1 rings (SSSR count). The van der Waals surface area contributed by atoms with Gasteiger partial charge in [-0.3, -0.25) is 0 Å². The van der Waals surface area contributed by atoms with Crippen molar-refractivity contribution in [3.8, 4) is 0 Å². The van der Waals surface area contributed by atoms with Gasteiger partial charge in [0.1, 0.15) is 5.82 Å². The second kappa shape index (κ2) is 3.91. The summed E-state index contributed by atoms with van der Waals surface area (Å²) in [6.07, 6.45) is 0. The topological polar surface area (TPSA) is 52.3 Å². The van der Waals surface area contributed by atoms with Crippen molar-refractivity contribution < 1.29 is 13.9 Å². The van der Waals surface area contributed by atoms with Crippen LogP contribution in [0.4, 0.5) is 10.1 Å². The molecular formula is C10H10FNO2. The molecule has 0 amide bonds. The third kappa shape index (κ3) is 1.90. The lowest BCUT2D eigenvalue weighted by Gasteiger charge is -2.04. The van der Waals surface area contributed by atoms with Gasteiger partial charge in [0.05, 0.1) is 18.4 Å². The van der Waals surface area contributed by atoms with E-state index in [-0.39, 0.29) is 11.3 Å². The number of methoxy groups -OCH3 is 1. The Bertz CT molecular complexity index is 388. The van der Waals surface area contributed by atoms with Crippen molar-refractivity contribution in [2.24, 2.45) is 0 Å². The normalized spacial score (nSPS) is 9.57. The summed E-state index contributed by atoms with van der Waals surface area (Å²) < 4.78 is 17.2. The molecule has 2 N–H and O–H groups in total. The average molecular weight is 195 g/mol. The molecule has 14 heavy (non-hydrogen) atoms. The Hall–Kier alpha value is -1.84. The zero-order chi connectivity index (χ0) is 10.7. The Morgan fingerprint density at radius 2 is 2.21 bits per heavy atom. The molecule has 0 saturated heterocycles. The summed E-state index contributed by atoms with van der Waals surface area (Å²) in [7, 11) is 1.25. The van der Waals surface area contributed by atoms with Crippen LogP contribution in [0.25, 0.3) is 5.57 Å². The number of rotatable bonds is 2. The van der Waals surface area contributed by atoms with E-state index in [0.717, 1.165) is 0 Å². The molecule has 0 aliphatic carbocycles. The largest absolute Gasteiger partial charge is 0.465 e. The van der Waals surface area contributed by atoms with Crippen LogP contribution in [0.1, 0.15) is 5.56 Å². The van der Waals surface area contributed by atoms with Gasteiger partial charge in [-0.2, -0.15) is 0 Å². The maximum atomic E-state index is 12.8. The molecule has 0 saturated carbocycles. The number of hydrogen-bond acceptors (Lipinski definition) is 3. The number of carbonyl (C=O) groups is 1. The van der Waals surface area contributed by atoms with Crippen molar-refractivity contribution in [2.45, 2.75) is 0 Å². The lowest BCUT2D eigenvalue weighted by atomic mass is 10.1. The summed E-state index contributed by atoms with van der Waals surface area (Å²) in [5, 5.41) is 0. The third-order valence-corrected chi connectivity index (χ3v) is 1.78. The highest BCUT2D eigenvalue weighted by atomic mass is 19.1. The van der Waals surface area contributed by atoms with E-state index in [0.29, 0.717) is 5.56 Å². The van der Waals surface area contributed by atoms with E-state index in [4.69, 9.17) is 5.73 Å². The predicted octanol–water partition coefficient (Wildman–Crippen LogP) is 1.59. The Labute approximate surface area is 81.0 Å². The first kappa shape index (κ1) is 10.2. The molecule has 1 aromatic carbocycles. The summed E-state index contributed by atoms with van der Waals surface area (Å²) in [5.41, 5.74) is 5.92. The van der Waals surface area contributed by atoms with Crippen molar-refractivity contribution in [2.75, 3.05) is 12.8 Å². The van der Waals surface area contributed by atoms with E-state index in [1.54, 1.807) is 0 Å². The molecule has 74 valence electrons. The van der Waals surface area contributed by atoms with Gasteiger partial charge >= 0.3 is 5.97 Å². The van der Waals surface area contributed by atoms with E-state index in [1.807, 2.05) is 0 Å². The van der Waals surface area contributed by atoms with E-state index in [9.17, 15) is 9.18 Å². The highest BCUT2D eigenvalue weighted by molar-refractivity contribution is 6.15. The molecule has 0 aromatic heterocycles. The fourth-order valence-corrected chi connectivity index (χ4v) is 0.973. The summed E-state index contributed by atoms with van der Waals surface area (Å²) in [4.78, 5) is 11.1. The number of ether oxygens (including phenoxy) is 1. The number of anilines is 1. The molecule has 0 atom stereocenters. The van der Waals surface area contributed by atoms with E-state index < -0.39 is 11.8 Å². The number of benzene rings is 1. The third-order valence-electron chi connectivity index (χ3n) is 1.78. The van der Waals surface area contributed by atoms with Crippen molar-refractivity contribution in [3.05, 3.63) is 36.2 Å². The number of halogens is 1. The molecule has 0 heterocycles. The number of nitrogens with two attached hydrogens (primary N) is 1. The number of nitrogen functional groups attached to an aromatic ring is 1. The molecule has 0 fully saturated rings. The Kier molecular flexibility index (Phi) is 2.86. The number of carbonyl (C=O) groups excluding carboxylic acids is 1. The van der Waals surface area contributed by atoms with Crippen LogP contribution in [-0.2, 0) is 9.53 Å². The molecule has 0 aliphatic rings. The van der Waals surface area contributed by atoms with Crippen molar-refractivity contribution >= 4 is 17.2 Å². The van der Waals surface area contributed by atoms with Crippen molar-refractivity contribution in [1.29, 1.82) is 0 Å². The van der Waals surface area contributed by atoms with Gasteiger partial charge in [-0.25, -0.2) is 9.18 Å². The standard InChI is InChI=1S/C10H10FNO2/c1-6(10(13)14-2)7-3-4-8(11)9(12)5-7/h3-5H,1,12H2,2H3. The maximum Gasteiger partial charge on any atom is 0.337 e. The zero-order valence-corrected chi connectivity index (χ0v) is 7.71. The summed E-state index contributed by atoms with van der Waals surface area (Å²) >= 11 is 0. The second-order valence-corrected chi connectivity index (χ2v) is 2.71. The molecule has 0 radical (unpaired) electrons. The van der Waals surface area contributed by atoms with Gasteiger partial charge in [-0.15, -0.1) is 0 Å². The Morgan fingerprint density at radius 3 is 2.71 bits per heavy atom. The Morgan fingerprint density at radius 1 is 1.57 bits per heavy atom. The van der Waals surface area contributed by atoms with Crippen LogP contribution < -0.4 is 5.73 Å². The highest BCUT2D eigenvalue weighted by Gasteiger charge is 2.10. The number of hydrogen-bond donors (Lipinski definition) is 1. The minimum atomic E-state index is -0.559. The van der Waals surface area contributed by atoms with E-state index in [2.05, 4.69) is 11.3 Å². The van der Waals surface area contributed by atoms with E-state index in [1.165, 1.54) is 25.3 Å². The van der Waals surface area contributed by atoms with Gasteiger partial charge < -0.3 is 10.5 Å². The minimum Gasteiger partial charge on any atom is -0.465 e. The fraction of sp³-hybridized carbons (Fsp3) is 0.100. The second-order valence-electron chi connectivity index (χ2n) is 2.71. The van der Waals surface area contributed by atoms with Gasteiger partial charge in [0.15, 0.2) is 0 Å². The van der Waals surface area contributed by atoms with Gasteiger partial charge in [-0.05, 0) is 17.7 Å². The van der Waals surface area contributed by atoms with Crippen LogP contribution in [0.5, 0.6) is 0 Å². The first-order valence-electron chi connectivity index (χ1n) is 3.89. The molecule has 0 unspecified atom stereocenters. The highest BCUT2D eigenvalue weighted by Crippen LogP contribution is 2.19. The van der Waals surface area contributed by atoms with Crippen LogP contribution in [0.15, 0.2) is 24.8 Å². The quantitative estimate of drug-likeness (QED) is 0.443. The SMILES string of the molecule is C=C(C(=O)OC)c1ccc(F)c(N)c1. The van der Waals surface area contributed by atoms with Crippen molar-refractivity contribution in [3.63, 3.8) is 0 Å². The first-order valence-corrected chi connectivity index (χ1v) is 3.89. The molecule has 0 spiro atoms. The predicted molar refractivity (Wildman–Crippen MR) is 51.9 cm³/mol. The van der Waals surface area contributed by atoms with Crippen LogP contribution >= 0.6 is 0 Å². The lowest BCUT2D eigenvalue weighted by Crippen LogP contribution is -2.03. The first-order chi connectivity index (χ1) is 6.56. The van der Waals surface area contributed by atoms with Gasteiger partial charge in [-0.1, -0.05) is 12.6 Å². The Balaban J connectivity index is 3.03. The summed E-state index contributed by atoms with van der Waals surface area (Å²) in [6, 6.07) is 3.94. The van der Waals surface area contributed by atoms with Crippen LogP contribution in [0.3, 0.4) is 0 Å². The van der Waals surface area contributed by atoms with Gasteiger partial charge in [0.2, 0.25) is 0 Å². The zero-order valence-electron chi connectivity index (χ0n) is 7.71. The molecule has 0 bridgehead atoms.